The fourth-order valence-electron chi connectivity index (χ4n) is 4.89. The van der Waals surface area contributed by atoms with Crippen molar-refractivity contribution in [3.63, 3.8) is 0 Å². The summed E-state index contributed by atoms with van der Waals surface area (Å²) in [5.74, 6) is 2.06. The molecule has 174 valence electrons. The Bertz CT molecular complexity index is 1090. The van der Waals surface area contributed by atoms with Gasteiger partial charge in [0.1, 0.15) is 22.2 Å². The molecule has 0 amide bonds. The Morgan fingerprint density at radius 3 is 2.52 bits per heavy atom. The predicted octanol–water partition coefficient (Wildman–Crippen LogP) is 2.94. The number of rotatable bonds is 6. The molecule has 0 aliphatic carbocycles. The van der Waals surface area contributed by atoms with Gasteiger partial charge in [0.05, 0.1) is 36.3 Å². The second-order valence-corrected chi connectivity index (χ2v) is 10.2. The minimum Gasteiger partial charge on any atom is -0.380 e. The van der Waals surface area contributed by atoms with Crippen LogP contribution in [0.1, 0.15) is 19.3 Å². The van der Waals surface area contributed by atoms with Gasteiger partial charge in [-0.25, -0.2) is 15.0 Å². The third kappa shape index (κ3) is 4.42. The number of methoxy groups -OCH3 is 1. The molecular formula is C24H30N6O2S. The van der Waals surface area contributed by atoms with Gasteiger partial charge in [-0.15, -0.1) is 11.3 Å². The lowest BCUT2D eigenvalue weighted by molar-refractivity contribution is -0.0111. The number of nitrogens with one attached hydrogen (secondary N) is 1. The van der Waals surface area contributed by atoms with E-state index >= 15 is 0 Å². The Morgan fingerprint density at radius 2 is 1.82 bits per heavy atom. The lowest BCUT2D eigenvalue weighted by Gasteiger charge is -2.37. The van der Waals surface area contributed by atoms with E-state index in [0.717, 1.165) is 86.4 Å². The molecule has 6 rings (SSSR count). The molecule has 3 aliphatic heterocycles. The molecule has 0 spiro atoms. The second-order valence-electron chi connectivity index (χ2n) is 9.19. The average Bonchev–Trinajstić information content (AvgIpc) is 3.49. The topological polar surface area (TPSA) is 75.6 Å². The fraction of sp³-hybridized carbons (Fsp3) is 0.542. The van der Waals surface area contributed by atoms with Crippen molar-refractivity contribution in [2.24, 2.45) is 0 Å². The Kier molecular flexibility index (Phi) is 5.87. The van der Waals surface area contributed by atoms with E-state index in [9.17, 15) is 0 Å². The van der Waals surface area contributed by atoms with Crippen LogP contribution in [0.4, 0.5) is 11.6 Å². The van der Waals surface area contributed by atoms with Crippen LogP contribution in [0.3, 0.4) is 0 Å². The van der Waals surface area contributed by atoms with E-state index in [-0.39, 0.29) is 0 Å². The molecule has 33 heavy (non-hydrogen) atoms. The molecule has 9 heteroatoms. The predicted molar refractivity (Wildman–Crippen MR) is 131 cm³/mol. The first-order valence-corrected chi connectivity index (χ1v) is 12.7. The summed E-state index contributed by atoms with van der Waals surface area (Å²) < 4.78 is 11.9. The molecule has 3 aromatic rings. The second kappa shape index (κ2) is 9.13. The smallest absolute Gasteiger partial charge is 0.130 e. The van der Waals surface area contributed by atoms with Gasteiger partial charge in [-0.2, -0.15) is 0 Å². The highest BCUT2D eigenvalue weighted by Gasteiger charge is 2.26. The summed E-state index contributed by atoms with van der Waals surface area (Å²) in [5, 5.41) is 4.70. The maximum absolute atomic E-state index is 5.48. The normalized spacial score (nSPS) is 22.3. The van der Waals surface area contributed by atoms with E-state index in [1.54, 1.807) is 18.4 Å². The Labute approximate surface area is 197 Å². The van der Waals surface area contributed by atoms with Gasteiger partial charge in [-0.1, -0.05) is 0 Å². The van der Waals surface area contributed by atoms with Gasteiger partial charge in [-0.3, -0.25) is 0 Å². The summed E-state index contributed by atoms with van der Waals surface area (Å²) in [7, 11) is 1.78. The third-order valence-electron chi connectivity index (χ3n) is 6.99. The number of fused-ring (bicyclic) bond motifs is 1. The van der Waals surface area contributed by atoms with Crippen molar-refractivity contribution in [1.29, 1.82) is 0 Å². The SMILES string of the molecule is CO[C@@H]1CCN(c2ccc(-c3nc4cnc(N5CCC(NC6COC6)CC5)cc4s3)cn2)C1. The van der Waals surface area contributed by atoms with E-state index < -0.39 is 0 Å². The molecule has 0 radical (unpaired) electrons. The van der Waals surface area contributed by atoms with Gasteiger partial charge >= 0.3 is 0 Å². The van der Waals surface area contributed by atoms with Crippen LogP contribution in [0.5, 0.6) is 0 Å². The zero-order chi connectivity index (χ0) is 22.2. The van der Waals surface area contributed by atoms with Gasteiger partial charge in [-0.05, 0) is 31.4 Å². The van der Waals surface area contributed by atoms with E-state index in [4.69, 9.17) is 24.4 Å². The zero-order valence-electron chi connectivity index (χ0n) is 18.9. The van der Waals surface area contributed by atoms with Crippen molar-refractivity contribution in [1.82, 2.24) is 20.3 Å². The largest absolute Gasteiger partial charge is 0.380 e. The molecule has 0 saturated carbocycles. The summed E-state index contributed by atoms with van der Waals surface area (Å²) in [5.41, 5.74) is 2.00. The monoisotopic (exact) mass is 466 g/mol. The number of aromatic nitrogens is 3. The minimum atomic E-state index is 0.303. The van der Waals surface area contributed by atoms with Crippen molar-refractivity contribution in [3.05, 3.63) is 30.6 Å². The average molecular weight is 467 g/mol. The number of nitrogens with zero attached hydrogens (tertiary/aromatic N) is 5. The van der Waals surface area contributed by atoms with Crippen LogP contribution in [0.15, 0.2) is 30.6 Å². The lowest BCUT2D eigenvalue weighted by atomic mass is 10.0. The molecule has 3 fully saturated rings. The van der Waals surface area contributed by atoms with Gasteiger partial charge in [0.2, 0.25) is 0 Å². The molecule has 6 heterocycles. The maximum atomic E-state index is 5.48. The van der Waals surface area contributed by atoms with Crippen LogP contribution in [-0.2, 0) is 9.47 Å². The van der Waals surface area contributed by atoms with E-state index in [0.29, 0.717) is 18.2 Å². The number of thiazole rings is 1. The van der Waals surface area contributed by atoms with Gasteiger partial charge < -0.3 is 24.6 Å². The van der Waals surface area contributed by atoms with Crippen LogP contribution in [-0.4, -0.2) is 79.6 Å². The first kappa shape index (κ1) is 21.2. The van der Waals surface area contributed by atoms with Crippen molar-refractivity contribution >= 4 is 33.2 Å². The van der Waals surface area contributed by atoms with Crippen molar-refractivity contribution in [3.8, 4) is 10.6 Å². The van der Waals surface area contributed by atoms with Crippen LogP contribution >= 0.6 is 11.3 Å². The Hall–Kier alpha value is -2.33. The number of anilines is 2. The maximum Gasteiger partial charge on any atom is 0.130 e. The molecule has 1 atom stereocenters. The number of hydrogen-bond donors (Lipinski definition) is 1. The highest BCUT2D eigenvalue weighted by molar-refractivity contribution is 7.21. The van der Waals surface area contributed by atoms with E-state index in [1.807, 2.05) is 12.4 Å². The van der Waals surface area contributed by atoms with Crippen molar-refractivity contribution in [2.45, 2.75) is 37.5 Å². The number of piperidine rings is 1. The first-order chi connectivity index (χ1) is 16.2. The third-order valence-corrected chi connectivity index (χ3v) is 8.05. The summed E-state index contributed by atoms with van der Waals surface area (Å²) in [6.45, 7) is 5.67. The molecule has 0 unspecified atom stereocenters. The molecule has 0 bridgehead atoms. The number of hydrogen-bond acceptors (Lipinski definition) is 9. The fourth-order valence-corrected chi connectivity index (χ4v) is 5.84. The Balaban J connectivity index is 1.13. The number of ether oxygens (including phenoxy) is 2. The van der Waals surface area contributed by atoms with E-state index in [1.165, 1.54) is 4.70 Å². The summed E-state index contributed by atoms with van der Waals surface area (Å²) in [6.07, 6.45) is 7.49. The van der Waals surface area contributed by atoms with Gasteiger partial charge in [0.25, 0.3) is 0 Å². The van der Waals surface area contributed by atoms with Crippen LogP contribution in [0.2, 0.25) is 0 Å². The molecule has 3 aliphatic rings. The summed E-state index contributed by atoms with van der Waals surface area (Å²) in [4.78, 5) is 18.9. The van der Waals surface area contributed by atoms with Crippen LogP contribution < -0.4 is 15.1 Å². The van der Waals surface area contributed by atoms with Crippen LogP contribution in [0, 0.1) is 0 Å². The molecule has 1 N–H and O–H groups in total. The van der Waals surface area contributed by atoms with Gasteiger partial charge in [0.15, 0.2) is 0 Å². The lowest BCUT2D eigenvalue weighted by Crippen LogP contribution is -2.53. The minimum absolute atomic E-state index is 0.303. The quantitative estimate of drug-likeness (QED) is 0.594. The van der Waals surface area contributed by atoms with E-state index in [2.05, 4.69) is 33.3 Å². The van der Waals surface area contributed by atoms with Crippen molar-refractivity contribution in [2.75, 3.05) is 56.3 Å². The summed E-state index contributed by atoms with van der Waals surface area (Å²) >= 11 is 1.71. The number of pyridine rings is 2. The first-order valence-electron chi connectivity index (χ1n) is 11.8. The highest BCUT2D eigenvalue weighted by atomic mass is 32.1. The standard InChI is InChI=1S/C24H30N6O2S/c1-31-19-6-9-30(13-19)22-3-2-16(11-25-22)24-28-20-12-26-23(10-21(20)33-24)29-7-4-17(5-8-29)27-18-14-32-15-18/h2-3,10-12,17-19,27H,4-9,13-15H2,1H3/t19-/m1/s1. The molecule has 8 nitrogen and oxygen atoms in total. The summed E-state index contributed by atoms with van der Waals surface area (Å²) in [6, 6.07) is 7.55. The van der Waals surface area contributed by atoms with Gasteiger partial charge in [0, 0.05) is 57.2 Å². The molecule has 0 aromatic carbocycles. The van der Waals surface area contributed by atoms with Crippen LogP contribution in [0.25, 0.3) is 20.8 Å². The van der Waals surface area contributed by atoms with Crippen molar-refractivity contribution < 1.29 is 9.47 Å². The molecule has 3 aromatic heterocycles. The highest BCUT2D eigenvalue weighted by Crippen LogP contribution is 2.33. The Morgan fingerprint density at radius 1 is 1.00 bits per heavy atom. The molecular weight excluding hydrogens is 436 g/mol. The zero-order valence-corrected chi connectivity index (χ0v) is 19.8. The molecule has 3 saturated heterocycles.